The highest BCUT2D eigenvalue weighted by molar-refractivity contribution is 7.92. The normalized spacial score (nSPS) is 12.9. The molecule has 0 spiro atoms. The zero-order valence-electron chi connectivity index (χ0n) is 16.0. The predicted molar refractivity (Wildman–Crippen MR) is 101 cm³/mol. The SMILES string of the molecule is Cc1ccc(N([C@@H](C)C(=O)NCCCOC(C)C)S(C)(=O)=O)cc1C. The van der Waals surface area contributed by atoms with Crippen LogP contribution in [-0.4, -0.2) is 45.9 Å². The first-order chi connectivity index (χ1) is 11.5. The van der Waals surface area contributed by atoms with Gasteiger partial charge in [-0.3, -0.25) is 9.10 Å². The molecule has 7 heteroatoms. The zero-order valence-corrected chi connectivity index (χ0v) is 16.8. The average Bonchev–Trinajstić information content (AvgIpc) is 2.48. The molecule has 0 saturated carbocycles. The van der Waals surface area contributed by atoms with Crippen LogP contribution in [0.2, 0.25) is 0 Å². The molecule has 0 bridgehead atoms. The number of anilines is 1. The topological polar surface area (TPSA) is 75.7 Å². The number of benzene rings is 1. The summed E-state index contributed by atoms with van der Waals surface area (Å²) in [5.74, 6) is -0.326. The zero-order chi connectivity index (χ0) is 19.2. The molecule has 1 aromatic carbocycles. The number of ether oxygens (including phenoxy) is 1. The van der Waals surface area contributed by atoms with Crippen LogP contribution in [0.4, 0.5) is 5.69 Å². The highest BCUT2D eigenvalue weighted by Crippen LogP contribution is 2.23. The fraction of sp³-hybridized carbons (Fsp3) is 0.611. The highest BCUT2D eigenvalue weighted by Gasteiger charge is 2.29. The van der Waals surface area contributed by atoms with Gasteiger partial charge >= 0.3 is 0 Å². The molecule has 0 unspecified atom stereocenters. The molecule has 0 aromatic heterocycles. The molecule has 0 heterocycles. The number of rotatable bonds is 9. The van der Waals surface area contributed by atoms with E-state index in [1.165, 1.54) is 4.31 Å². The fourth-order valence-corrected chi connectivity index (χ4v) is 3.59. The van der Waals surface area contributed by atoms with Crippen molar-refractivity contribution >= 4 is 21.6 Å². The summed E-state index contributed by atoms with van der Waals surface area (Å²) in [5, 5.41) is 2.78. The Hall–Kier alpha value is -1.60. The Morgan fingerprint density at radius 3 is 2.36 bits per heavy atom. The lowest BCUT2D eigenvalue weighted by atomic mass is 10.1. The first-order valence-corrected chi connectivity index (χ1v) is 10.3. The molecule has 1 aromatic rings. The van der Waals surface area contributed by atoms with Gasteiger partial charge in [0.1, 0.15) is 6.04 Å². The second-order valence-electron chi connectivity index (χ2n) is 6.57. The van der Waals surface area contributed by atoms with Crippen LogP contribution >= 0.6 is 0 Å². The summed E-state index contributed by atoms with van der Waals surface area (Å²) in [7, 11) is -3.59. The van der Waals surface area contributed by atoms with Crippen molar-refractivity contribution in [2.24, 2.45) is 0 Å². The molecule has 25 heavy (non-hydrogen) atoms. The third kappa shape index (κ3) is 6.66. The second-order valence-corrected chi connectivity index (χ2v) is 8.43. The van der Waals surface area contributed by atoms with Gasteiger partial charge in [0.25, 0.3) is 0 Å². The van der Waals surface area contributed by atoms with E-state index < -0.39 is 16.1 Å². The fourth-order valence-electron chi connectivity index (χ4n) is 2.42. The van der Waals surface area contributed by atoms with Gasteiger partial charge in [-0.25, -0.2) is 8.42 Å². The summed E-state index contributed by atoms with van der Waals surface area (Å²) in [6.07, 6.45) is 1.95. The van der Waals surface area contributed by atoms with E-state index >= 15 is 0 Å². The van der Waals surface area contributed by atoms with E-state index in [2.05, 4.69) is 5.32 Å². The average molecular weight is 371 g/mol. The minimum Gasteiger partial charge on any atom is -0.379 e. The van der Waals surface area contributed by atoms with Gasteiger partial charge in [-0.05, 0) is 64.3 Å². The molecule has 0 aliphatic carbocycles. The second kappa shape index (κ2) is 9.20. The number of nitrogens with zero attached hydrogens (tertiary/aromatic N) is 1. The minimum absolute atomic E-state index is 0.153. The Labute approximate surface area is 151 Å². The van der Waals surface area contributed by atoms with Crippen LogP contribution in [0, 0.1) is 13.8 Å². The van der Waals surface area contributed by atoms with Crippen molar-refractivity contribution < 1.29 is 17.9 Å². The number of nitrogens with one attached hydrogen (secondary N) is 1. The number of carbonyl (C=O) groups is 1. The molecular weight excluding hydrogens is 340 g/mol. The van der Waals surface area contributed by atoms with E-state index in [-0.39, 0.29) is 12.0 Å². The Balaban J connectivity index is 2.82. The van der Waals surface area contributed by atoms with Gasteiger partial charge in [-0.15, -0.1) is 0 Å². The number of amides is 1. The lowest BCUT2D eigenvalue weighted by molar-refractivity contribution is -0.121. The van der Waals surface area contributed by atoms with Gasteiger partial charge < -0.3 is 10.1 Å². The number of hydrogen-bond acceptors (Lipinski definition) is 4. The summed E-state index contributed by atoms with van der Waals surface area (Å²) in [5.41, 5.74) is 2.54. The molecule has 1 amide bonds. The standard InChI is InChI=1S/C18H30N2O4S/c1-13(2)24-11-7-10-19-18(21)16(5)20(25(6,22)23)17-9-8-14(3)15(4)12-17/h8-9,12-13,16H,7,10-11H2,1-6H3,(H,19,21)/t16-/m0/s1. The van der Waals surface area contributed by atoms with Crippen molar-refractivity contribution in [3.8, 4) is 0 Å². The summed E-state index contributed by atoms with van der Waals surface area (Å²) in [6.45, 7) is 10.4. The van der Waals surface area contributed by atoms with Crippen molar-refractivity contribution in [2.45, 2.75) is 53.2 Å². The van der Waals surface area contributed by atoms with Crippen LogP contribution < -0.4 is 9.62 Å². The van der Waals surface area contributed by atoms with E-state index in [0.29, 0.717) is 25.3 Å². The Morgan fingerprint density at radius 1 is 1.20 bits per heavy atom. The first-order valence-electron chi connectivity index (χ1n) is 8.50. The summed E-state index contributed by atoms with van der Waals surface area (Å²) in [4.78, 5) is 12.4. The third-order valence-corrected chi connectivity index (χ3v) is 5.15. The Morgan fingerprint density at radius 2 is 1.84 bits per heavy atom. The van der Waals surface area contributed by atoms with Gasteiger partial charge in [0.2, 0.25) is 15.9 Å². The number of carbonyl (C=O) groups excluding carboxylic acids is 1. The van der Waals surface area contributed by atoms with Crippen molar-refractivity contribution in [2.75, 3.05) is 23.7 Å². The Bertz CT molecular complexity index is 686. The van der Waals surface area contributed by atoms with Crippen LogP contribution in [0.15, 0.2) is 18.2 Å². The lowest BCUT2D eigenvalue weighted by Crippen LogP contribution is -2.48. The molecule has 1 N–H and O–H groups in total. The quantitative estimate of drug-likeness (QED) is 0.677. The van der Waals surface area contributed by atoms with E-state index in [0.717, 1.165) is 17.4 Å². The molecule has 0 aliphatic heterocycles. The smallest absolute Gasteiger partial charge is 0.243 e. The van der Waals surface area contributed by atoms with Crippen LogP contribution in [0.5, 0.6) is 0 Å². The van der Waals surface area contributed by atoms with Gasteiger partial charge in [0, 0.05) is 13.2 Å². The molecule has 1 atom stereocenters. The molecule has 0 radical (unpaired) electrons. The molecule has 0 aliphatic rings. The van der Waals surface area contributed by atoms with Gasteiger partial charge in [-0.2, -0.15) is 0 Å². The van der Waals surface area contributed by atoms with Crippen LogP contribution in [0.3, 0.4) is 0 Å². The van der Waals surface area contributed by atoms with Crippen molar-refractivity contribution in [1.82, 2.24) is 5.32 Å². The maximum atomic E-state index is 12.4. The molecular formula is C18H30N2O4S. The van der Waals surface area contributed by atoms with Crippen LogP contribution in [-0.2, 0) is 19.6 Å². The van der Waals surface area contributed by atoms with E-state index in [1.807, 2.05) is 33.8 Å². The summed E-state index contributed by atoms with van der Waals surface area (Å²) < 4.78 is 31.1. The van der Waals surface area contributed by atoms with Crippen molar-refractivity contribution in [3.63, 3.8) is 0 Å². The van der Waals surface area contributed by atoms with Gasteiger partial charge in [-0.1, -0.05) is 6.07 Å². The lowest BCUT2D eigenvalue weighted by Gasteiger charge is -2.28. The number of hydrogen-bond donors (Lipinski definition) is 1. The van der Waals surface area contributed by atoms with E-state index in [4.69, 9.17) is 4.74 Å². The van der Waals surface area contributed by atoms with Crippen molar-refractivity contribution in [1.29, 1.82) is 0 Å². The predicted octanol–water partition coefficient (Wildman–Crippen LogP) is 2.39. The highest BCUT2D eigenvalue weighted by atomic mass is 32.2. The Kier molecular flexibility index (Phi) is 7.89. The van der Waals surface area contributed by atoms with Crippen LogP contribution in [0.1, 0.15) is 38.3 Å². The van der Waals surface area contributed by atoms with Gasteiger partial charge in [0.15, 0.2) is 0 Å². The van der Waals surface area contributed by atoms with Gasteiger partial charge in [0.05, 0.1) is 18.0 Å². The first kappa shape index (κ1) is 21.4. The number of sulfonamides is 1. The van der Waals surface area contributed by atoms with Crippen LogP contribution in [0.25, 0.3) is 0 Å². The molecule has 6 nitrogen and oxygen atoms in total. The third-order valence-electron chi connectivity index (χ3n) is 3.91. The minimum atomic E-state index is -3.59. The molecule has 0 fully saturated rings. The van der Waals surface area contributed by atoms with E-state index in [1.54, 1.807) is 19.1 Å². The monoisotopic (exact) mass is 370 g/mol. The maximum Gasteiger partial charge on any atom is 0.243 e. The molecule has 1 rings (SSSR count). The van der Waals surface area contributed by atoms with E-state index in [9.17, 15) is 13.2 Å². The molecule has 0 saturated heterocycles. The summed E-state index contributed by atoms with van der Waals surface area (Å²) >= 11 is 0. The molecule has 142 valence electrons. The number of aryl methyl sites for hydroxylation is 2. The summed E-state index contributed by atoms with van der Waals surface area (Å²) in [6, 6.07) is 4.54. The largest absolute Gasteiger partial charge is 0.379 e. The van der Waals surface area contributed by atoms with Crippen molar-refractivity contribution in [3.05, 3.63) is 29.3 Å². The maximum absolute atomic E-state index is 12.4.